The fraction of sp³-hybridized carbons (Fsp3) is 0. The Morgan fingerprint density at radius 1 is 0.818 bits per heavy atom. The second kappa shape index (κ2) is 13.2. The molecule has 0 unspecified atom stereocenters. The van der Waals surface area contributed by atoms with Crippen molar-refractivity contribution in [2.24, 2.45) is 0 Å². The van der Waals surface area contributed by atoms with Gasteiger partial charge in [-0.15, -0.1) is 5.75 Å². The van der Waals surface area contributed by atoms with Gasteiger partial charge in [0.2, 0.25) is 0 Å². The molecule has 0 heterocycles. The zero-order chi connectivity index (χ0) is 5.11. The van der Waals surface area contributed by atoms with Crippen LogP contribution in [0.15, 0.2) is 30.3 Å². The van der Waals surface area contributed by atoms with Crippen molar-refractivity contribution >= 4 is 0 Å². The van der Waals surface area contributed by atoms with Crippen LogP contribution in [0.2, 0.25) is 0 Å². The van der Waals surface area contributed by atoms with Crippen LogP contribution >= 0.6 is 0 Å². The van der Waals surface area contributed by atoms with Gasteiger partial charge in [-0.1, -0.05) is 30.3 Å². The Kier molecular flexibility index (Phi) is 27.1. The number of halogens is 3. The van der Waals surface area contributed by atoms with Crippen LogP contribution in [0.25, 0.3) is 0 Å². The van der Waals surface area contributed by atoms with Gasteiger partial charge in [-0.05, 0) is 0 Å². The third-order valence-corrected chi connectivity index (χ3v) is 0.743. The summed E-state index contributed by atoms with van der Waals surface area (Å²) in [4.78, 5) is 0. The first-order valence-corrected chi connectivity index (χ1v) is 2.11. The molecule has 0 aliphatic carbocycles. The van der Waals surface area contributed by atoms with Crippen LogP contribution in [-0.4, -0.2) is 0 Å². The first-order valence-electron chi connectivity index (χ1n) is 2.11. The zero-order valence-electron chi connectivity index (χ0n) is 5.43. The summed E-state index contributed by atoms with van der Waals surface area (Å²) in [5, 5.41) is 10.3. The molecule has 0 aliphatic heterocycles. The van der Waals surface area contributed by atoms with E-state index in [1.54, 1.807) is 12.1 Å². The smallest absolute Gasteiger partial charge is 0 e. The van der Waals surface area contributed by atoms with Gasteiger partial charge in [0.25, 0.3) is 0 Å². The Labute approximate surface area is 99.7 Å². The van der Waals surface area contributed by atoms with Gasteiger partial charge in [0, 0.05) is 21.7 Å². The van der Waals surface area contributed by atoms with E-state index in [-0.39, 0.29) is 64.7 Å². The van der Waals surface area contributed by atoms with Crippen LogP contribution in [0.4, 0.5) is 0 Å². The van der Waals surface area contributed by atoms with E-state index in [0.717, 1.165) is 0 Å². The van der Waals surface area contributed by atoms with Crippen LogP contribution in [0.1, 0.15) is 0 Å². The minimum absolute atomic E-state index is 0. The molecule has 1 aromatic carbocycles. The summed E-state index contributed by atoms with van der Waals surface area (Å²) < 4.78 is 0. The molecular formula is C6H5Cl3OTi-4. The van der Waals surface area contributed by atoms with Crippen LogP contribution < -0.4 is 42.3 Å². The van der Waals surface area contributed by atoms with E-state index in [0.29, 0.717) is 0 Å². The first kappa shape index (κ1) is 22.6. The molecular weight excluding hydrogens is 242 g/mol. The van der Waals surface area contributed by atoms with Gasteiger partial charge >= 0.3 is 0 Å². The summed E-state index contributed by atoms with van der Waals surface area (Å²) in [6, 6.07) is 8.33. The Morgan fingerprint density at radius 3 is 1.36 bits per heavy atom. The number of para-hydroxylation sites is 1. The zero-order valence-corrected chi connectivity index (χ0v) is 9.26. The van der Waals surface area contributed by atoms with E-state index in [1.165, 1.54) is 12.1 Å². The average Bonchev–Trinajstić information content (AvgIpc) is 1.69. The Bertz CT molecular complexity index is 148. The minimum atomic E-state index is 0. The van der Waals surface area contributed by atoms with Crippen molar-refractivity contribution in [1.82, 2.24) is 0 Å². The molecule has 0 saturated carbocycles. The van der Waals surface area contributed by atoms with Gasteiger partial charge in [0.15, 0.2) is 0 Å². The molecule has 0 saturated heterocycles. The van der Waals surface area contributed by atoms with E-state index in [4.69, 9.17) is 0 Å². The number of benzene rings is 1. The molecule has 1 rings (SSSR count). The van der Waals surface area contributed by atoms with Crippen molar-refractivity contribution in [2.75, 3.05) is 0 Å². The standard InChI is InChI=1S/C6H6O.3ClH.Ti/c7-6-4-2-1-3-5-6;;;;/h1-5,7H;3*1H;/p-4. The third kappa shape index (κ3) is 10.6. The molecule has 0 radical (unpaired) electrons. The molecule has 0 spiro atoms. The summed E-state index contributed by atoms with van der Waals surface area (Å²) in [5.41, 5.74) is 0. The molecule has 0 amide bonds. The Hall–Kier alpha value is 0.604. The maximum Gasteiger partial charge on any atom is 0 e. The van der Waals surface area contributed by atoms with Gasteiger partial charge in [-0.3, -0.25) is 0 Å². The molecule has 0 aromatic heterocycles. The van der Waals surface area contributed by atoms with E-state index in [1.807, 2.05) is 6.07 Å². The van der Waals surface area contributed by atoms with Gasteiger partial charge < -0.3 is 42.3 Å². The average molecular weight is 247 g/mol. The van der Waals surface area contributed by atoms with Crippen molar-refractivity contribution < 1.29 is 64.0 Å². The molecule has 1 aromatic rings. The van der Waals surface area contributed by atoms with E-state index in [9.17, 15) is 5.11 Å². The third-order valence-electron chi connectivity index (χ3n) is 0.743. The Balaban J connectivity index is -0.0000000612. The predicted molar refractivity (Wildman–Crippen MR) is 25.9 cm³/mol. The summed E-state index contributed by atoms with van der Waals surface area (Å²) in [6.07, 6.45) is 0. The van der Waals surface area contributed by atoms with Crippen molar-refractivity contribution in [3.63, 3.8) is 0 Å². The molecule has 0 N–H and O–H groups in total. The first-order chi connectivity index (χ1) is 3.39. The monoisotopic (exact) mass is 246 g/mol. The van der Waals surface area contributed by atoms with Gasteiger partial charge in [0.1, 0.15) is 0 Å². The van der Waals surface area contributed by atoms with Crippen molar-refractivity contribution in [2.45, 2.75) is 0 Å². The van der Waals surface area contributed by atoms with Crippen molar-refractivity contribution in [1.29, 1.82) is 0 Å². The van der Waals surface area contributed by atoms with Gasteiger partial charge in [-0.25, -0.2) is 0 Å². The number of rotatable bonds is 0. The summed E-state index contributed by atoms with van der Waals surface area (Å²) >= 11 is 0. The van der Waals surface area contributed by atoms with E-state index >= 15 is 0 Å². The van der Waals surface area contributed by atoms with E-state index < -0.39 is 0 Å². The number of hydrogen-bond donors (Lipinski definition) is 0. The largest absolute Gasteiger partial charge is 1.00 e. The maximum atomic E-state index is 10.3. The summed E-state index contributed by atoms with van der Waals surface area (Å²) in [6.45, 7) is 0. The molecule has 0 atom stereocenters. The maximum absolute atomic E-state index is 10.3. The normalized spacial score (nSPS) is 5.45. The summed E-state index contributed by atoms with van der Waals surface area (Å²) in [5.74, 6) is 0.0718. The quantitative estimate of drug-likeness (QED) is 0.418. The van der Waals surface area contributed by atoms with Crippen LogP contribution in [0, 0.1) is 0 Å². The molecule has 0 fully saturated rings. The van der Waals surface area contributed by atoms with Crippen LogP contribution in [0.5, 0.6) is 5.75 Å². The fourth-order valence-electron chi connectivity index (χ4n) is 0.420. The predicted octanol–water partition coefficient (Wildman–Crippen LogP) is -8.23. The van der Waals surface area contributed by atoms with Crippen LogP contribution in [0.3, 0.4) is 0 Å². The molecule has 0 aliphatic rings. The summed E-state index contributed by atoms with van der Waals surface area (Å²) in [7, 11) is 0. The second-order valence-corrected chi connectivity index (χ2v) is 1.31. The van der Waals surface area contributed by atoms with Crippen LogP contribution in [-0.2, 0) is 21.7 Å². The fourth-order valence-corrected chi connectivity index (χ4v) is 0.420. The topological polar surface area (TPSA) is 23.1 Å². The molecule has 64 valence electrons. The van der Waals surface area contributed by atoms with E-state index in [2.05, 4.69) is 0 Å². The molecule has 0 bridgehead atoms. The molecule has 5 heteroatoms. The van der Waals surface area contributed by atoms with Gasteiger partial charge in [0.05, 0.1) is 0 Å². The Morgan fingerprint density at radius 2 is 1.18 bits per heavy atom. The SMILES string of the molecule is [Cl-].[Cl-].[Cl-].[O-]c1ccccc1.[Ti]. The number of hydrogen-bond acceptors (Lipinski definition) is 1. The van der Waals surface area contributed by atoms with Crippen molar-refractivity contribution in [3.8, 4) is 5.75 Å². The van der Waals surface area contributed by atoms with Gasteiger partial charge in [-0.2, -0.15) is 0 Å². The van der Waals surface area contributed by atoms with Crippen molar-refractivity contribution in [3.05, 3.63) is 30.3 Å². The minimum Gasteiger partial charge on any atom is -1.00 e. The molecule has 11 heavy (non-hydrogen) atoms. The molecule has 1 nitrogen and oxygen atoms in total. The second-order valence-electron chi connectivity index (χ2n) is 1.31.